The number of ether oxygens (including phenoxy) is 1. The van der Waals surface area contributed by atoms with Gasteiger partial charge in [0.2, 0.25) is 0 Å². The largest absolute Gasteiger partial charge is 0.480 e. The number of pyridine rings is 1. The SMILES string of the molecule is C=Nn1c(C=O)ccc(OCC(F)(F)F)/c1=N/CN. The lowest BCUT2D eigenvalue weighted by Crippen LogP contribution is -2.28. The number of aldehydes is 1. The Morgan fingerprint density at radius 2 is 2.16 bits per heavy atom. The summed E-state index contributed by atoms with van der Waals surface area (Å²) in [4.78, 5) is 14.5. The van der Waals surface area contributed by atoms with Gasteiger partial charge in [0.25, 0.3) is 0 Å². The van der Waals surface area contributed by atoms with Crippen LogP contribution in [0.5, 0.6) is 5.75 Å². The van der Waals surface area contributed by atoms with Crippen molar-refractivity contribution in [1.82, 2.24) is 4.68 Å². The molecular formula is C10H11F3N4O2. The molecule has 104 valence electrons. The summed E-state index contributed by atoms with van der Waals surface area (Å²) in [7, 11) is 0. The van der Waals surface area contributed by atoms with Crippen molar-refractivity contribution in [3.63, 3.8) is 0 Å². The summed E-state index contributed by atoms with van der Waals surface area (Å²) in [5.74, 6) is -0.194. The van der Waals surface area contributed by atoms with Gasteiger partial charge in [0.05, 0.1) is 6.67 Å². The first-order valence-corrected chi connectivity index (χ1v) is 5.01. The molecule has 0 radical (unpaired) electrons. The summed E-state index contributed by atoms with van der Waals surface area (Å²) in [6.45, 7) is 1.51. The average molecular weight is 276 g/mol. The van der Waals surface area contributed by atoms with Crippen molar-refractivity contribution in [2.45, 2.75) is 6.18 Å². The van der Waals surface area contributed by atoms with Crippen molar-refractivity contribution in [3.8, 4) is 5.75 Å². The minimum absolute atomic E-state index is 0.0570. The summed E-state index contributed by atoms with van der Waals surface area (Å²) >= 11 is 0. The highest BCUT2D eigenvalue weighted by Crippen LogP contribution is 2.16. The molecule has 0 unspecified atom stereocenters. The molecule has 6 nitrogen and oxygen atoms in total. The molecule has 19 heavy (non-hydrogen) atoms. The number of rotatable bonds is 5. The van der Waals surface area contributed by atoms with E-state index in [2.05, 4.69) is 21.5 Å². The molecule has 0 amide bonds. The van der Waals surface area contributed by atoms with Gasteiger partial charge in [0.15, 0.2) is 24.1 Å². The molecule has 0 saturated carbocycles. The van der Waals surface area contributed by atoms with E-state index in [0.29, 0.717) is 6.29 Å². The van der Waals surface area contributed by atoms with Crippen molar-refractivity contribution < 1.29 is 22.7 Å². The Hall–Kier alpha value is -2.16. The molecule has 0 fully saturated rings. The summed E-state index contributed by atoms with van der Waals surface area (Å²) in [5.41, 5.74) is 5.17. The molecule has 0 atom stereocenters. The number of hydrogen-bond acceptors (Lipinski definition) is 5. The topological polar surface area (TPSA) is 82.0 Å². The molecular weight excluding hydrogens is 265 g/mol. The van der Waals surface area contributed by atoms with E-state index in [1.54, 1.807) is 0 Å². The maximum atomic E-state index is 12.1. The fourth-order valence-electron chi connectivity index (χ4n) is 1.27. The van der Waals surface area contributed by atoms with E-state index in [-0.39, 0.29) is 23.6 Å². The third-order valence-electron chi connectivity index (χ3n) is 1.97. The van der Waals surface area contributed by atoms with E-state index in [1.165, 1.54) is 12.1 Å². The summed E-state index contributed by atoms with van der Waals surface area (Å²) in [6, 6.07) is 2.43. The van der Waals surface area contributed by atoms with E-state index in [9.17, 15) is 18.0 Å². The second-order valence-corrected chi connectivity index (χ2v) is 3.26. The molecule has 1 aromatic rings. The van der Waals surface area contributed by atoms with Crippen molar-refractivity contribution in [1.29, 1.82) is 0 Å². The maximum Gasteiger partial charge on any atom is 0.422 e. The number of nitrogens with zero attached hydrogens (tertiary/aromatic N) is 3. The van der Waals surface area contributed by atoms with Crippen LogP contribution in [0.2, 0.25) is 0 Å². The second-order valence-electron chi connectivity index (χ2n) is 3.26. The highest BCUT2D eigenvalue weighted by molar-refractivity contribution is 5.72. The van der Waals surface area contributed by atoms with Gasteiger partial charge in [-0.3, -0.25) is 4.79 Å². The first-order valence-electron chi connectivity index (χ1n) is 5.01. The van der Waals surface area contributed by atoms with E-state index in [4.69, 9.17) is 5.73 Å². The van der Waals surface area contributed by atoms with Crippen LogP contribution in [0, 0.1) is 0 Å². The zero-order valence-corrected chi connectivity index (χ0v) is 9.72. The molecule has 0 saturated heterocycles. The predicted octanol–water partition coefficient (Wildman–Crippen LogP) is 0.522. The molecule has 0 aliphatic rings. The normalized spacial score (nSPS) is 12.3. The van der Waals surface area contributed by atoms with Gasteiger partial charge in [-0.1, -0.05) is 0 Å². The van der Waals surface area contributed by atoms with Gasteiger partial charge in [-0.2, -0.15) is 18.3 Å². The molecule has 9 heteroatoms. The average Bonchev–Trinajstić information content (AvgIpc) is 2.35. The van der Waals surface area contributed by atoms with Gasteiger partial charge in [-0.25, -0.2) is 9.67 Å². The Morgan fingerprint density at radius 1 is 1.47 bits per heavy atom. The third kappa shape index (κ3) is 3.91. The number of alkyl halides is 3. The van der Waals surface area contributed by atoms with Gasteiger partial charge in [0, 0.05) is 6.72 Å². The van der Waals surface area contributed by atoms with E-state index < -0.39 is 12.8 Å². The Morgan fingerprint density at radius 3 is 2.63 bits per heavy atom. The standard InChI is InChI=1S/C10H11F3N4O2/c1-15-17-7(4-18)2-3-8(9(17)16-6-14)19-5-10(11,12)13/h2-4H,1,5-6,14H2/b16-9-. The summed E-state index contributed by atoms with van der Waals surface area (Å²) < 4.78 is 41.9. The van der Waals surface area contributed by atoms with E-state index in [1.807, 2.05) is 0 Å². The molecule has 1 heterocycles. The van der Waals surface area contributed by atoms with Crippen LogP contribution in [0.3, 0.4) is 0 Å². The Labute approximate surface area is 106 Å². The van der Waals surface area contributed by atoms with Crippen LogP contribution in [0.25, 0.3) is 0 Å². The molecule has 0 spiro atoms. The molecule has 0 aliphatic heterocycles. The fourth-order valence-corrected chi connectivity index (χ4v) is 1.27. The van der Waals surface area contributed by atoms with Gasteiger partial charge < -0.3 is 10.5 Å². The quantitative estimate of drug-likeness (QED) is 0.629. The van der Waals surface area contributed by atoms with Crippen LogP contribution in [0.15, 0.2) is 22.2 Å². The lowest BCUT2D eigenvalue weighted by atomic mass is 10.3. The van der Waals surface area contributed by atoms with E-state index in [0.717, 1.165) is 4.68 Å². The Balaban J connectivity index is 3.29. The van der Waals surface area contributed by atoms with Crippen molar-refractivity contribution in [2.24, 2.45) is 15.8 Å². The number of carbonyl (C=O) groups is 1. The van der Waals surface area contributed by atoms with Crippen molar-refractivity contribution >= 4 is 13.0 Å². The lowest BCUT2D eigenvalue weighted by molar-refractivity contribution is -0.153. The zero-order chi connectivity index (χ0) is 14.5. The molecule has 0 bridgehead atoms. The number of hydrogen-bond donors (Lipinski definition) is 1. The van der Waals surface area contributed by atoms with Crippen LogP contribution in [0.4, 0.5) is 13.2 Å². The fraction of sp³-hybridized carbons (Fsp3) is 0.300. The number of halogens is 3. The lowest BCUT2D eigenvalue weighted by Gasteiger charge is -2.12. The first-order chi connectivity index (χ1) is 8.92. The van der Waals surface area contributed by atoms with Crippen molar-refractivity contribution in [2.75, 3.05) is 13.3 Å². The Kier molecular flexibility index (Phi) is 4.81. The van der Waals surface area contributed by atoms with Crippen LogP contribution < -0.4 is 16.0 Å². The minimum atomic E-state index is -4.49. The molecule has 0 aliphatic carbocycles. The number of nitrogens with two attached hydrogens (primary N) is 1. The third-order valence-corrected chi connectivity index (χ3v) is 1.97. The smallest absolute Gasteiger partial charge is 0.422 e. The van der Waals surface area contributed by atoms with Gasteiger partial charge in [0.1, 0.15) is 5.69 Å². The van der Waals surface area contributed by atoms with Crippen LogP contribution in [-0.4, -0.2) is 37.1 Å². The molecule has 2 N–H and O–H groups in total. The number of aromatic nitrogens is 1. The maximum absolute atomic E-state index is 12.1. The summed E-state index contributed by atoms with van der Waals surface area (Å²) in [6.07, 6.45) is -4.03. The van der Waals surface area contributed by atoms with Gasteiger partial charge in [-0.05, 0) is 12.1 Å². The first kappa shape index (κ1) is 14.9. The molecule has 0 aromatic carbocycles. The highest BCUT2D eigenvalue weighted by atomic mass is 19.4. The van der Waals surface area contributed by atoms with Gasteiger partial charge >= 0.3 is 6.18 Å². The zero-order valence-electron chi connectivity index (χ0n) is 9.72. The summed E-state index contributed by atoms with van der Waals surface area (Å²) in [5, 5.41) is 3.49. The number of carbonyl (C=O) groups excluding carboxylic acids is 1. The predicted molar refractivity (Wildman–Crippen MR) is 60.9 cm³/mol. The molecule has 1 rings (SSSR count). The minimum Gasteiger partial charge on any atom is -0.480 e. The second kappa shape index (κ2) is 6.14. The Bertz CT molecular complexity index is 537. The van der Waals surface area contributed by atoms with Crippen LogP contribution >= 0.6 is 0 Å². The highest BCUT2D eigenvalue weighted by Gasteiger charge is 2.28. The van der Waals surface area contributed by atoms with Gasteiger partial charge in [-0.15, -0.1) is 0 Å². The van der Waals surface area contributed by atoms with Crippen molar-refractivity contribution in [3.05, 3.63) is 23.3 Å². The van der Waals surface area contributed by atoms with Crippen LogP contribution in [0.1, 0.15) is 10.5 Å². The molecule has 1 aromatic heterocycles. The monoisotopic (exact) mass is 276 g/mol. The van der Waals surface area contributed by atoms with Crippen LogP contribution in [-0.2, 0) is 0 Å². The van der Waals surface area contributed by atoms with E-state index >= 15 is 0 Å².